The average Bonchev–Trinajstić information content (AvgIpc) is 2.60. The second-order valence-electron chi connectivity index (χ2n) is 6.82. The second-order valence-corrected chi connectivity index (χ2v) is 6.82. The number of carbonyl (C=O) groups excluding carboxylic acids is 1. The molecule has 0 aliphatic rings. The van der Waals surface area contributed by atoms with Crippen LogP contribution >= 0.6 is 0 Å². The Morgan fingerprint density at radius 3 is 2.54 bits per heavy atom. The van der Waals surface area contributed by atoms with Crippen LogP contribution < -0.4 is 14.8 Å². The highest BCUT2D eigenvalue weighted by Crippen LogP contribution is 2.21. The molecule has 0 aliphatic carbocycles. The van der Waals surface area contributed by atoms with Gasteiger partial charge < -0.3 is 14.8 Å². The Kier molecular flexibility index (Phi) is 7.07. The minimum atomic E-state index is -0.509. The molecule has 0 fully saturated rings. The molecule has 26 heavy (non-hydrogen) atoms. The summed E-state index contributed by atoms with van der Waals surface area (Å²) in [6.45, 7) is 10.4. The standard InChI is InChI=1S/C22H29NO3/c1-6-20(26-21-12-16(4)10-11-17(21)5)22(24)23-14-18-8-7-9-19(13-18)25-15(2)3/h7-13,15,20H,6,14H2,1-5H3,(H,23,24)/t20-/m0/s1. The van der Waals surface area contributed by atoms with E-state index in [1.807, 2.05) is 77.1 Å². The molecule has 2 aromatic carbocycles. The van der Waals surface area contributed by atoms with Gasteiger partial charge in [0.2, 0.25) is 0 Å². The van der Waals surface area contributed by atoms with Crippen molar-refractivity contribution in [3.05, 3.63) is 59.2 Å². The first kappa shape index (κ1) is 19.8. The summed E-state index contributed by atoms with van der Waals surface area (Å²) in [4.78, 5) is 12.5. The van der Waals surface area contributed by atoms with Crippen LogP contribution in [0.4, 0.5) is 0 Å². The van der Waals surface area contributed by atoms with Crippen molar-refractivity contribution in [3.8, 4) is 11.5 Å². The fourth-order valence-corrected chi connectivity index (χ4v) is 2.61. The fourth-order valence-electron chi connectivity index (χ4n) is 2.61. The first-order valence-corrected chi connectivity index (χ1v) is 9.16. The zero-order chi connectivity index (χ0) is 19.1. The summed E-state index contributed by atoms with van der Waals surface area (Å²) in [7, 11) is 0. The molecule has 2 aromatic rings. The van der Waals surface area contributed by atoms with E-state index in [-0.39, 0.29) is 12.0 Å². The number of carbonyl (C=O) groups is 1. The average molecular weight is 355 g/mol. The first-order chi connectivity index (χ1) is 12.4. The first-order valence-electron chi connectivity index (χ1n) is 9.16. The Balaban J connectivity index is 1.98. The summed E-state index contributed by atoms with van der Waals surface area (Å²) >= 11 is 0. The van der Waals surface area contributed by atoms with Gasteiger partial charge in [-0.2, -0.15) is 0 Å². The highest BCUT2D eigenvalue weighted by molar-refractivity contribution is 5.81. The number of benzene rings is 2. The predicted molar refractivity (Wildman–Crippen MR) is 105 cm³/mol. The molecular formula is C22H29NO3. The third kappa shape index (κ3) is 5.80. The summed E-state index contributed by atoms with van der Waals surface area (Å²) in [5.74, 6) is 1.47. The molecule has 0 heterocycles. The van der Waals surface area contributed by atoms with Crippen LogP contribution in [0.2, 0.25) is 0 Å². The van der Waals surface area contributed by atoms with E-state index in [1.54, 1.807) is 0 Å². The summed E-state index contributed by atoms with van der Waals surface area (Å²) in [6.07, 6.45) is 0.219. The molecule has 1 amide bonds. The van der Waals surface area contributed by atoms with E-state index in [1.165, 1.54) is 0 Å². The number of ether oxygens (including phenoxy) is 2. The van der Waals surface area contributed by atoms with Gasteiger partial charge in [-0.25, -0.2) is 0 Å². The minimum absolute atomic E-state index is 0.108. The monoisotopic (exact) mass is 355 g/mol. The lowest BCUT2D eigenvalue weighted by molar-refractivity contribution is -0.128. The van der Waals surface area contributed by atoms with Gasteiger partial charge in [-0.05, 0) is 69.0 Å². The lowest BCUT2D eigenvalue weighted by atomic mass is 10.1. The second kappa shape index (κ2) is 9.27. The zero-order valence-electron chi connectivity index (χ0n) is 16.3. The van der Waals surface area contributed by atoms with Gasteiger partial charge in [-0.15, -0.1) is 0 Å². The van der Waals surface area contributed by atoms with E-state index in [2.05, 4.69) is 5.32 Å². The van der Waals surface area contributed by atoms with Gasteiger partial charge in [0.1, 0.15) is 11.5 Å². The Hall–Kier alpha value is -2.49. The molecule has 0 bridgehead atoms. The Bertz CT molecular complexity index is 740. The Labute approximate surface area is 156 Å². The molecule has 0 aromatic heterocycles. The Morgan fingerprint density at radius 2 is 1.85 bits per heavy atom. The fraction of sp³-hybridized carbons (Fsp3) is 0.409. The van der Waals surface area contributed by atoms with Gasteiger partial charge in [-0.1, -0.05) is 31.2 Å². The van der Waals surface area contributed by atoms with Gasteiger partial charge in [0.15, 0.2) is 6.10 Å². The van der Waals surface area contributed by atoms with Crippen LogP contribution in [0.3, 0.4) is 0 Å². The van der Waals surface area contributed by atoms with Crippen LogP contribution in [-0.2, 0) is 11.3 Å². The van der Waals surface area contributed by atoms with Crippen molar-refractivity contribution in [1.29, 1.82) is 0 Å². The maximum absolute atomic E-state index is 12.5. The van der Waals surface area contributed by atoms with Crippen LogP contribution in [0.5, 0.6) is 11.5 Å². The minimum Gasteiger partial charge on any atom is -0.491 e. The predicted octanol–water partition coefficient (Wildman–Crippen LogP) is 4.56. The van der Waals surface area contributed by atoms with E-state index in [0.717, 1.165) is 28.2 Å². The highest BCUT2D eigenvalue weighted by Gasteiger charge is 2.19. The van der Waals surface area contributed by atoms with E-state index in [0.29, 0.717) is 13.0 Å². The SMILES string of the molecule is CC[C@H](Oc1cc(C)ccc1C)C(=O)NCc1cccc(OC(C)C)c1. The molecule has 1 atom stereocenters. The lowest BCUT2D eigenvalue weighted by Gasteiger charge is -2.19. The molecule has 0 saturated carbocycles. The van der Waals surface area contributed by atoms with Crippen LogP contribution in [0.15, 0.2) is 42.5 Å². The number of nitrogens with one attached hydrogen (secondary N) is 1. The van der Waals surface area contributed by atoms with Crippen molar-refractivity contribution in [2.75, 3.05) is 0 Å². The van der Waals surface area contributed by atoms with Gasteiger partial charge in [-0.3, -0.25) is 4.79 Å². The molecule has 4 heteroatoms. The van der Waals surface area contributed by atoms with Crippen molar-refractivity contribution in [2.24, 2.45) is 0 Å². The van der Waals surface area contributed by atoms with E-state index in [9.17, 15) is 4.79 Å². The smallest absolute Gasteiger partial charge is 0.261 e. The summed E-state index contributed by atoms with van der Waals surface area (Å²) < 4.78 is 11.7. The van der Waals surface area contributed by atoms with Crippen molar-refractivity contribution >= 4 is 5.91 Å². The van der Waals surface area contributed by atoms with Crippen molar-refractivity contribution in [3.63, 3.8) is 0 Å². The highest BCUT2D eigenvalue weighted by atomic mass is 16.5. The zero-order valence-corrected chi connectivity index (χ0v) is 16.3. The van der Waals surface area contributed by atoms with Crippen LogP contribution in [-0.4, -0.2) is 18.1 Å². The summed E-state index contributed by atoms with van der Waals surface area (Å²) in [5.41, 5.74) is 3.14. The molecule has 0 unspecified atom stereocenters. The van der Waals surface area contributed by atoms with Crippen molar-refractivity contribution in [1.82, 2.24) is 5.32 Å². The molecule has 4 nitrogen and oxygen atoms in total. The molecule has 0 spiro atoms. The molecule has 1 N–H and O–H groups in total. The molecule has 2 rings (SSSR count). The number of rotatable bonds is 8. The normalized spacial score (nSPS) is 11.9. The Morgan fingerprint density at radius 1 is 1.08 bits per heavy atom. The van der Waals surface area contributed by atoms with Crippen molar-refractivity contribution in [2.45, 2.75) is 59.8 Å². The third-order valence-corrected chi connectivity index (χ3v) is 4.01. The van der Waals surface area contributed by atoms with E-state index >= 15 is 0 Å². The van der Waals surface area contributed by atoms with Gasteiger partial charge in [0, 0.05) is 6.54 Å². The maximum Gasteiger partial charge on any atom is 0.261 e. The van der Waals surface area contributed by atoms with Crippen molar-refractivity contribution < 1.29 is 14.3 Å². The lowest BCUT2D eigenvalue weighted by Crippen LogP contribution is -2.37. The van der Waals surface area contributed by atoms with Gasteiger partial charge in [0.25, 0.3) is 5.91 Å². The summed E-state index contributed by atoms with van der Waals surface area (Å²) in [5, 5.41) is 2.97. The maximum atomic E-state index is 12.5. The number of aryl methyl sites for hydroxylation is 2. The summed E-state index contributed by atoms with van der Waals surface area (Å²) in [6, 6.07) is 13.8. The van der Waals surface area contributed by atoms with Crippen LogP contribution in [0.1, 0.15) is 43.9 Å². The molecule has 140 valence electrons. The van der Waals surface area contributed by atoms with E-state index in [4.69, 9.17) is 9.47 Å². The van der Waals surface area contributed by atoms with E-state index < -0.39 is 6.10 Å². The third-order valence-electron chi connectivity index (χ3n) is 4.01. The quantitative estimate of drug-likeness (QED) is 0.755. The van der Waals surface area contributed by atoms with Crippen LogP contribution in [0.25, 0.3) is 0 Å². The molecular weight excluding hydrogens is 326 g/mol. The molecule has 0 saturated heterocycles. The number of hydrogen-bond acceptors (Lipinski definition) is 3. The van der Waals surface area contributed by atoms with Gasteiger partial charge in [0.05, 0.1) is 6.10 Å². The van der Waals surface area contributed by atoms with Gasteiger partial charge >= 0.3 is 0 Å². The van der Waals surface area contributed by atoms with Crippen LogP contribution in [0, 0.1) is 13.8 Å². The topological polar surface area (TPSA) is 47.6 Å². The molecule has 0 aliphatic heterocycles. The molecule has 0 radical (unpaired) electrons. The number of hydrogen-bond donors (Lipinski definition) is 1. The number of amides is 1. The largest absolute Gasteiger partial charge is 0.491 e.